The summed E-state index contributed by atoms with van der Waals surface area (Å²) in [4.78, 5) is 4.70. The highest BCUT2D eigenvalue weighted by atomic mass is 79.9. The Morgan fingerprint density at radius 3 is 2.95 bits per heavy atom. The maximum Gasteiger partial charge on any atom is 0.160 e. The molecule has 2 aliphatic heterocycles. The molecule has 5 heteroatoms. The normalized spacial score (nSPS) is 23.7. The van der Waals surface area contributed by atoms with E-state index in [1.165, 1.54) is 19.4 Å². The lowest BCUT2D eigenvalue weighted by Gasteiger charge is -2.39. The number of rotatable bonds is 2. The molecule has 2 saturated heterocycles. The smallest absolute Gasteiger partial charge is 0.160 e. The molecule has 0 aromatic heterocycles. The molecule has 0 amide bonds. The lowest BCUT2D eigenvalue weighted by atomic mass is 10.1. The van der Waals surface area contributed by atoms with E-state index in [0.29, 0.717) is 22.7 Å². The highest BCUT2D eigenvalue weighted by Crippen LogP contribution is 2.32. The van der Waals surface area contributed by atoms with Crippen molar-refractivity contribution in [2.45, 2.75) is 25.4 Å². The predicted octanol–water partition coefficient (Wildman–Crippen LogP) is 2.33. The SMILES string of the molecule is NCc1ccc(N2CCN3CCCC3C2)c(F)c1Br. The minimum absolute atomic E-state index is 0.172. The van der Waals surface area contributed by atoms with Crippen LogP contribution in [0.3, 0.4) is 0 Å². The Morgan fingerprint density at radius 1 is 1.32 bits per heavy atom. The van der Waals surface area contributed by atoms with E-state index in [1.54, 1.807) is 0 Å². The number of anilines is 1. The highest BCUT2D eigenvalue weighted by molar-refractivity contribution is 9.10. The molecule has 1 aromatic carbocycles. The molecule has 2 N–H and O–H groups in total. The third-order valence-corrected chi connectivity index (χ3v) is 5.15. The number of fused-ring (bicyclic) bond motifs is 1. The van der Waals surface area contributed by atoms with Crippen molar-refractivity contribution < 1.29 is 4.39 Å². The van der Waals surface area contributed by atoms with Gasteiger partial charge in [0.1, 0.15) is 0 Å². The van der Waals surface area contributed by atoms with Gasteiger partial charge in [0.05, 0.1) is 10.2 Å². The Bertz CT molecular complexity index is 480. The van der Waals surface area contributed by atoms with E-state index in [2.05, 4.69) is 25.7 Å². The summed E-state index contributed by atoms with van der Waals surface area (Å²) < 4.78 is 14.9. The van der Waals surface area contributed by atoms with Crippen molar-refractivity contribution in [3.8, 4) is 0 Å². The van der Waals surface area contributed by atoms with Crippen LogP contribution in [0.2, 0.25) is 0 Å². The van der Waals surface area contributed by atoms with Gasteiger partial charge < -0.3 is 10.6 Å². The van der Waals surface area contributed by atoms with Crippen molar-refractivity contribution in [3.63, 3.8) is 0 Å². The second-order valence-electron chi connectivity index (χ2n) is 5.35. The summed E-state index contributed by atoms with van der Waals surface area (Å²) >= 11 is 3.32. The van der Waals surface area contributed by atoms with Gasteiger partial charge in [-0.1, -0.05) is 6.07 Å². The van der Waals surface area contributed by atoms with Gasteiger partial charge in [0, 0.05) is 32.2 Å². The van der Waals surface area contributed by atoms with E-state index >= 15 is 0 Å². The summed E-state index contributed by atoms with van der Waals surface area (Å²) in [6.07, 6.45) is 2.51. The number of hydrogen-bond acceptors (Lipinski definition) is 3. The Morgan fingerprint density at radius 2 is 2.16 bits per heavy atom. The largest absolute Gasteiger partial charge is 0.366 e. The molecule has 1 aromatic rings. The number of hydrogen-bond donors (Lipinski definition) is 1. The van der Waals surface area contributed by atoms with Crippen LogP contribution < -0.4 is 10.6 Å². The van der Waals surface area contributed by atoms with Crippen molar-refractivity contribution >= 4 is 21.6 Å². The van der Waals surface area contributed by atoms with Crippen LogP contribution in [-0.4, -0.2) is 37.1 Å². The molecule has 3 nitrogen and oxygen atoms in total. The van der Waals surface area contributed by atoms with Crippen LogP contribution in [0.5, 0.6) is 0 Å². The van der Waals surface area contributed by atoms with E-state index in [1.807, 2.05) is 12.1 Å². The summed E-state index contributed by atoms with van der Waals surface area (Å²) in [5, 5.41) is 0. The van der Waals surface area contributed by atoms with Crippen LogP contribution in [0.1, 0.15) is 18.4 Å². The zero-order chi connectivity index (χ0) is 13.4. The molecule has 104 valence electrons. The Balaban J connectivity index is 1.84. The molecule has 0 aliphatic carbocycles. The lowest BCUT2D eigenvalue weighted by Crippen LogP contribution is -2.50. The van der Waals surface area contributed by atoms with Gasteiger partial charge in [-0.2, -0.15) is 0 Å². The molecule has 19 heavy (non-hydrogen) atoms. The average molecular weight is 328 g/mol. The molecular weight excluding hydrogens is 309 g/mol. The number of benzene rings is 1. The van der Waals surface area contributed by atoms with Gasteiger partial charge in [0.2, 0.25) is 0 Å². The first-order chi connectivity index (χ1) is 9.20. The topological polar surface area (TPSA) is 32.5 Å². The first-order valence-electron chi connectivity index (χ1n) is 6.86. The molecule has 0 bridgehead atoms. The van der Waals surface area contributed by atoms with Gasteiger partial charge in [-0.15, -0.1) is 0 Å². The Hall–Kier alpha value is -0.650. The van der Waals surface area contributed by atoms with Gasteiger partial charge in [-0.05, 0) is 46.9 Å². The minimum atomic E-state index is -0.172. The van der Waals surface area contributed by atoms with Gasteiger partial charge in [-0.25, -0.2) is 4.39 Å². The molecule has 1 atom stereocenters. The van der Waals surface area contributed by atoms with Crippen molar-refractivity contribution in [3.05, 3.63) is 28.0 Å². The fourth-order valence-corrected chi connectivity index (χ4v) is 3.69. The second-order valence-corrected chi connectivity index (χ2v) is 6.15. The number of piperazine rings is 1. The van der Waals surface area contributed by atoms with E-state index in [0.717, 1.165) is 25.2 Å². The molecule has 0 radical (unpaired) electrons. The van der Waals surface area contributed by atoms with Gasteiger partial charge in [0.15, 0.2) is 5.82 Å². The summed E-state index contributed by atoms with van der Waals surface area (Å²) in [6.45, 7) is 4.44. The van der Waals surface area contributed by atoms with E-state index in [4.69, 9.17) is 5.73 Å². The highest BCUT2D eigenvalue weighted by Gasteiger charge is 2.31. The van der Waals surface area contributed by atoms with E-state index < -0.39 is 0 Å². The first kappa shape index (κ1) is 13.3. The molecule has 1 unspecified atom stereocenters. The Labute approximate surface area is 121 Å². The minimum Gasteiger partial charge on any atom is -0.366 e. The van der Waals surface area contributed by atoms with Crippen LogP contribution in [0.15, 0.2) is 16.6 Å². The summed E-state index contributed by atoms with van der Waals surface area (Å²) in [7, 11) is 0. The standard InChI is InChI=1S/C14H19BrFN3/c15-13-10(8-17)3-4-12(14(13)16)19-7-6-18-5-1-2-11(18)9-19/h3-4,11H,1-2,5-9,17H2. The second kappa shape index (κ2) is 5.38. The summed E-state index contributed by atoms with van der Waals surface area (Å²) in [6, 6.07) is 4.39. The third kappa shape index (κ3) is 2.39. The third-order valence-electron chi connectivity index (χ3n) is 4.29. The maximum atomic E-state index is 14.4. The lowest BCUT2D eigenvalue weighted by molar-refractivity contribution is 0.230. The van der Waals surface area contributed by atoms with E-state index in [9.17, 15) is 4.39 Å². The number of halogens is 2. The van der Waals surface area contributed by atoms with Crippen molar-refractivity contribution in [1.82, 2.24) is 4.90 Å². The monoisotopic (exact) mass is 327 g/mol. The quantitative estimate of drug-likeness (QED) is 0.904. The van der Waals surface area contributed by atoms with Crippen LogP contribution >= 0.6 is 15.9 Å². The molecule has 0 saturated carbocycles. The van der Waals surface area contributed by atoms with Crippen LogP contribution in [0.25, 0.3) is 0 Å². The van der Waals surface area contributed by atoms with Gasteiger partial charge in [-0.3, -0.25) is 4.90 Å². The van der Waals surface area contributed by atoms with Crippen LogP contribution in [-0.2, 0) is 6.54 Å². The zero-order valence-corrected chi connectivity index (χ0v) is 12.5. The van der Waals surface area contributed by atoms with Crippen molar-refractivity contribution in [2.24, 2.45) is 5.73 Å². The molecular formula is C14H19BrFN3. The maximum absolute atomic E-state index is 14.4. The van der Waals surface area contributed by atoms with E-state index in [-0.39, 0.29) is 5.82 Å². The summed E-state index contributed by atoms with van der Waals surface area (Å²) in [5.74, 6) is -0.172. The molecule has 2 aliphatic rings. The fraction of sp³-hybridized carbons (Fsp3) is 0.571. The number of nitrogens with two attached hydrogens (primary N) is 1. The van der Waals surface area contributed by atoms with Crippen LogP contribution in [0, 0.1) is 5.82 Å². The van der Waals surface area contributed by atoms with Gasteiger partial charge >= 0.3 is 0 Å². The van der Waals surface area contributed by atoms with Crippen LogP contribution in [0.4, 0.5) is 10.1 Å². The average Bonchev–Trinajstić information content (AvgIpc) is 2.89. The molecule has 0 spiro atoms. The van der Waals surface area contributed by atoms with Crippen molar-refractivity contribution in [2.75, 3.05) is 31.1 Å². The number of nitrogens with zero attached hydrogens (tertiary/aromatic N) is 2. The molecule has 2 fully saturated rings. The first-order valence-corrected chi connectivity index (χ1v) is 7.66. The Kier molecular flexibility index (Phi) is 3.78. The fourth-order valence-electron chi connectivity index (χ4n) is 3.19. The molecule has 3 rings (SSSR count). The predicted molar refractivity (Wildman–Crippen MR) is 78.8 cm³/mol. The van der Waals surface area contributed by atoms with Gasteiger partial charge in [0.25, 0.3) is 0 Å². The zero-order valence-electron chi connectivity index (χ0n) is 10.9. The summed E-state index contributed by atoms with van der Waals surface area (Å²) in [5.41, 5.74) is 7.13. The van der Waals surface area contributed by atoms with Crippen molar-refractivity contribution in [1.29, 1.82) is 0 Å². The molecule has 2 heterocycles.